The van der Waals surface area contributed by atoms with Crippen LogP contribution in [-0.2, 0) is 26.1 Å². The molecular formula is C23H24F3N3O7S. The van der Waals surface area contributed by atoms with Gasteiger partial charge in [0.05, 0.1) is 18.4 Å². The molecule has 0 aromatic heterocycles. The summed E-state index contributed by atoms with van der Waals surface area (Å²) in [4.78, 5) is 17.6. The molecule has 2 heterocycles. The first-order valence-corrected chi connectivity index (χ1v) is 12.6. The predicted molar refractivity (Wildman–Crippen MR) is 123 cm³/mol. The maximum Gasteiger partial charge on any atom is 0.573 e. The van der Waals surface area contributed by atoms with Crippen LogP contribution in [0, 0.1) is 0 Å². The highest BCUT2D eigenvalue weighted by atomic mass is 32.2. The molecule has 0 bridgehead atoms. The minimum absolute atomic E-state index is 0.0831. The lowest BCUT2D eigenvalue weighted by molar-refractivity contribution is -0.274. The van der Waals surface area contributed by atoms with Crippen LogP contribution in [0.2, 0.25) is 0 Å². The zero-order valence-corrected chi connectivity index (χ0v) is 20.5. The van der Waals surface area contributed by atoms with Crippen molar-refractivity contribution >= 4 is 22.0 Å². The lowest BCUT2D eigenvalue weighted by Crippen LogP contribution is -2.46. The third kappa shape index (κ3) is 6.63. The average Bonchev–Trinajstić information content (AvgIpc) is 3.24. The number of nitrogens with one attached hydrogen (secondary N) is 1. The zero-order chi connectivity index (χ0) is 26.7. The van der Waals surface area contributed by atoms with Crippen LogP contribution in [-0.4, -0.2) is 56.9 Å². The first kappa shape index (κ1) is 26.5. The summed E-state index contributed by atoms with van der Waals surface area (Å²) < 4.78 is 78.3. The number of benzene rings is 2. The van der Waals surface area contributed by atoms with Gasteiger partial charge in [-0.05, 0) is 42.0 Å². The largest absolute Gasteiger partial charge is 0.573 e. The summed E-state index contributed by atoms with van der Waals surface area (Å²) in [5.74, 6) is 0.226. The molecule has 2 aliphatic rings. The van der Waals surface area contributed by atoms with Gasteiger partial charge in [-0.15, -0.1) is 13.2 Å². The number of ether oxygens (including phenoxy) is 3. The van der Waals surface area contributed by atoms with Crippen LogP contribution in [0.4, 0.5) is 18.0 Å². The molecule has 1 saturated heterocycles. The second-order valence-electron chi connectivity index (χ2n) is 8.45. The van der Waals surface area contributed by atoms with Crippen molar-refractivity contribution in [1.82, 2.24) is 9.62 Å². The molecule has 37 heavy (non-hydrogen) atoms. The van der Waals surface area contributed by atoms with E-state index in [1.807, 2.05) is 6.07 Å². The van der Waals surface area contributed by atoms with Gasteiger partial charge in [-0.2, -0.15) is 4.31 Å². The van der Waals surface area contributed by atoms with Crippen LogP contribution in [0.5, 0.6) is 11.5 Å². The molecule has 0 unspecified atom stereocenters. The maximum absolute atomic E-state index is 12.9. The number of alkyl halides is 3. The summed E-state index contributed by atoms with van der Waals surface area (Å²) in [6.07, 6.45) is -4.83. The number of carbonyl (C=O) groups excluding carboxylic acids is 1. The Hall–Kier alpha value is -3.52. The lowest BCUT2D eigenvalue weighted by atomic mass is 9.89. The third-order valence-electron chi connectivity index (χ3n) is 5.92. The Morgan fingerprint density at radius 1 is 1.14 bits per heavy atom. The molecule has 4 rings (SSSR count). The van der Waals surface area contributed by atoms with Gasteiger partial charge in [0, 0.05) is 32.5 Å². The van der Waals surface area contributed by atoms with Crippen LogP contribution in [0.25, 0.3) is 0 Å². The van der Waals surface area contributed by atoms with Gasteiger partial charge in [0.15, 0.2) is 0 Å². The predicted octanol–water partition coefficient (Wildman–Crippen LogP) is 3.78. The van der Waals surface area contributed by atoms with Gasteiger partial charge in [0.1, 0.15) is 17.1 Å². The zero-order valence-electron chi connectivity index (χ0n) is 19.7. The molecule has 2 aromatic rings. The highest BCUT2D eigenvalue weighted by Gasteiger charge is 2.45. The van der Waals surface area contributed by atoms with Crippen molar-refractivity contribution in [3.05, 3.63) is 54.1 Å². The Morgan fingerprint density at radius 3 is 2.49 bits per heavy atom. The number of halogens is 3. The molecule has 10 nitrogen and oxygen atoms in total. The van der Waals surface area contributed by atoms with Gasteiger partial charge >= 0.3 is 12.5 Å². The highest BCUT2D eigenvalue weighted by Crippen LogP contribution is 2.36. The maximum atomic E-state index is 12.9. The van der Waals surface area contributed by atoms with E-state index < -0.39 is 33.8 Å². The summed E-state index contributed by atoms with van der Waals surface area (Å²) in [5.41, 5.74) is 0.00670. The number of oxime groups is 1. The summed E-state index contributed by atoms with van der Waals surface area (Å²) >= 11 is 0. The highest BCUT2D eigenvalue weighted by molar-refractivity contribution is 7.89. The molecule has 0 atom stereocenters. The van der Waals surface area contributed by atoms with Gasteiger partial charge in [-0.25, -0.2) is 13.2 Å². The van der Waals surface area contributed by atoms with Crippen molar-refractivity contribution < 1.29 is 45.4 Å². The lowest BCUT2D eigenvalue weighted by Gasteiger charge is -2.36. The van der Waals surface area contributed by atoms with Crippen LogP contribution < -0.4 is 14.8 Å². The number of hydrogen-bond acceptors (Lipinski definition) is 8. The molecule has 0 saturated carbocycles. The molecule has 0 radical (unpaired) electrons. The van der Waals surface area contributed by atoms with Crippen LogP contribution in [0.3, 0.4) is 0 Å². The van der Waals surface area contributed by atoms with Crippen LogP contribution in [0.1, 0.15) is 24.8 Å². The van der Waals surface area contributed by atoms with Crippen molar-refractivity contribution in [2.75, 3.05) is 20.2 Å². The van der Waals surface area contributed by atoms with E-state index in [-0.39, 0.29) is 49.7 Å². The van der Waals surface area contributed by atoms with Crippen molar-refractivity contribution in [3.63, 3.8) is 0 Å². The van der Waals surface area contributed by atoms with E-state index in [1.54, 1.807) is 25.3 Å². The first-order valence-electron chi connectivity index (χ1n) is 11.2. The topological polar surface area (TPSA) is 116 Å². The minimum Gasteiger partial charge on any atom is -0.497 e. The number of piperidine rings is 1. The molecule has 14 heteroatoms. The Kier molecular flexibility index (Phi) is 7.50. The van der Waals surface area contributed by atoms with Gasteiger partial charge in [-0.3, -0.25) is 0 Å². The number of nitrogens with zero attached hydrogens (tertiary/aromatic N) is 2. The van der Waals surface area contributed by atoms with Crippen molar-refractivity contribution in [2.45, 2.75) is 42.7 Å². The first-order chi connectivity index (χ1) is 17.5. The summed E-state index contributed by atoms with van der Waals surface area (Å²) in [6.45, 7) is 0.396. The van der Waals surface area contributed by atoms with E-state index in [9.17, 15) is 26.4 Å². The molecule has 1 spiro atoms. The summed E-state index contributed by atoms with van der Waals surface area (Å²) in [6, 6.07) is 11.2. The molecule has 1 amide bonds. The Morgan fingerprint density at radius 2 is 1.84 bits per heavy atom. The second kappa shape index (κ2) is 10.5. The molecule has 2 aliphatic heterocycles. The van der Waals surface area contributed by atoms with E-state index in [0.29, 0.717) is 5.75 Å². The number of carbonyl (C=O) groups is 1. The van der Waals surface area contributed by atoms with Gasteiger partial charge in [-0.1, -0.05) is 17.3 Å². The van der Waals surface area contributed by atoms with Crippen molar-refractivity contribution in [1.29, 1.82) is 0 Å². The Balaban J connectivity index is 1.27. The number of rotatable bonds is 6. The fourth-order valence-corrected chi connectivity index (χ4v) is 5.45. The van der Waals surface area contributed by atoms with Crippen molar-refractivity contribution in [2.24, 2.45) is 5.16 Å². The average molecular weight is 544 g/mol. The molecule has 2 aromatic carbocycles. The van der Waals surface area contributed by atoms with E-state index >= 15 is 0 Å². The minimum atomic E-state index is -4.87. The van der Waals surface area contributed by atoms with E-state index in [4.69, 9.17) is 14.3 Å². The number of hydrogen-bond donors (Lipinski definition) is 1. The second-order valence-corrected chi connectivity index (χ2v) is 10.4. The number of methoxy groups -OCH3 is 1. The molecule has 1 N–H and O–H groups in total. The number of sulfonamides is 1. The molecule has 1 fully saturated rings. The van der Waals surface area contributed by atoms with Gasteiger partial charge < -0.3 is 24.4 Å². The summed E-state index contributed by atoms with van der Waals surface area (Å²) in [7, 11) is -2.40. The number of alkyl carbamates (subject to hydrolysis) is 1. The normalized spacial score (nSPS) is 17.6. The smallest absolute Gasteiger partial charge is 0.497 e. The number of amides is 1. The monoisotopic (exact) mass is 543 g/mol. The van der Waals surface area contributed by atoms with Gasteiger partial charge in [0.25, 0.3) is 0 Å². The van der Waals surface area contributed by atoms with E-state index in [0.717, 1.165) is 29.8 Å². The molecular weight excluding hydrogens is 519 g/mol. The van der Waals surface area contributed by atoms with Crippen LogP contribution >= 0.6 is 0 Å². The SMILES string of the molecule is COc1cccc(CNC(=O)OC2=NOC3(CCN(S(=O)(=O)c4ccc(OC(F)(F)F)cc4)CC3)C2)c1. The fraction of sp³-hybridized carbons (Fsp3) is 0.391. The molecule has 0 aliphatic carbocycles. The van der Waals surface area contributed by atoms with Gasteiger partial charge in [0.2, 0.25) is 15.9 Å². The standard InChI is InChI=1S/C23H24F3N3O7S/c1-33-18-4-2-3-16(13-18)15-27-21(30)34-20-14-22(36-28-20)9-11-29(12-10-22)37(31,32)19-7-5-17(6-8-19)35-23(24,25)26/h2-8,13H,9-12,14-15H2,1H3,(H,27,30). The van der Waals surface area contributed by atoms with Crippen molar-refractivity contribution in [3.8, 4) is 11.5 Å². The third-order valence-corrected chi connectivity index (χ3v) is 7.84. The quantitative estimate of drug-likeness (QED) is 0.590. The van der Waals surface area contributed by atoms with Crippen LogP contribution in [0.15, 0.2) is 58.6 Å². The summed E-state index contributed by atoms with van der Waals surface area (Å²) in [5, 5.41) is 6.48. The Bertz CT molecular complexity index is 1260. The molecule has 200 valence electrons. The Labute approximate surface area is 211 Å². The van der Waals surface area contributed by atoms with E-state index in [1.165, 1.54) is 4.31 Å². The van der Waals surface area contributed by atoms with E-state index in [2.05, 4.69) is 15.2 Å². The fourth-order valence-electron chi connectivity index (χ4n) is 4.01.